The molecule has 0 aliphatic carbocycles. The molecule has 0 amide bonds. The molecule has 0 atom stereocenters. The number of methoxy groups -OCH3 is 1. The molecule has 4 heteroatoms. The highest BCUT2D eigenvalue weighted by molar-refractivity contribution is 5.39. The molecule has 0 fully saturated rings. The number of aromatic nitrogens is 2. The molecule has 1 aromatic carbocycles. The van der Waals surface area contributed by atoms with Crippen molar-refractivity contribution in [3.8, 4) is 5.75 Å². The first-order valence-corrected chi connectivity index (χ1v) is 6.77. The van der Waals surface area contributed by atoms with Crippen LogP contribution in [0, 0.1) is 0 Å². The van der Waals surface area contributed by atoms with E-state index in [1.54, 1.807) is 7.11 Å². The van der Waals surface area contributed by atoms with Crippen molar-refractivity contribution in [2.75, 3.05) is 19.1 Å². The van der Waals surface area contributed by atoms with Gasteiger partial charge in [0.2, 0.25) is 0 Å². The zero-order valence-electron chi connectivity index (χ0n) is 12.5. The van der Waals surface area contributed by atoms with Crippen molar-refractivity contribution in [2.24, 2.45) is 0 Å². The van der Waals surface area contributed by atoms with Gasteiger partial charge in [-0.2, -0.15) is 0 Å². The summed E-state index contributed by atoms with van der Waals surface area (Å²) in [6, 6.07) is 10.0. The van der Waals surface area contributed by atoms with Crippen molar-refractivity contribution >= 4 is 5.82 Å². The van der Waals surface area contributed by atoms with E-state index >= 15 is 0 Å². The van der Waals surface area contributed by atoms with Gasteiger partial charge >= 0.3 is 0 Å². The molecular formula is C16H21N3O. The summed E-state index contributed by atoms with van der Waals surface area (Å²) in [6.45, 7) is 4.98. The first kappa shape index (κ1) is 14.3. The van der Waals surface area contributed by atoms with Crippen LogP contribution in [0.5, 0.6) is 5.75 Å². The van der Waals surface area contributed by atoms with Gasteiger partial charge in [-0.1, -0.05) is 26.0 Å². The number of hydrogen-bond donors (Lipinski definition) is 0. The minimum absolute atomic E-state index is 0.333. The monoisotopic (exact) mass is 271 g/mol. The number of rotatable bonds is 5. The van der Waals surface area contributed by atoms with Gasteiger partial charge in [0, 0.05) is 25.7 Å². The first-order chi connectivity index (χ1) is 9.60. The van der Waals surface area contributed by atoms with Gasteiger partial charge in [-0.3, -0.25) is 0 Å². The Balaban J connectivity index is 2.14. The number of ether oxygens (including phenoxy) is 1. The van der Waals surface area contributed by atoms with Gasteiger partial charge in [-0.15, -0.1) is 0 Å². The van der Waals surface area contributed by atoms with E-state index in [9.17, 15) is 0 Å². The molecule has 2 rings (SSSR count). The molecule has 0 saturated carbocycles. The maximum absolute atomic E-state index is 5.25. The highest BCUT2D eigenvalue weighted by atomic mass is 16.5. The van der Waals surface area contributed by atoms with Gasteiger partial charge in [0.15, 0.2) is 0 Å². The van der Waals surface area contributed by atoms with Crippen molar-refractivity contribution in [3.05, 3.63) is 47.9 Å². The Kier molecular flexibility index (Phi) is 4.56. The van der Waals surface area contributed by atoms with Crippen LogP contribution in [0.1, 0.15) is 31.2 Å². The second-order valence-corrected chi connectivity index (χ2v) is 5.14. The minimum Gasteiger partial charge on any atom is -0.497 e. The molecule has 106 valence electrons. The van der Waals surface area contributed by atoms with Crippen molar-refractivity contribution in [1.82, 2.24) is 9.97 Å². The van der Waals surface area contributed by atoms with Crippen LogP contribution in [0.2, 0.25) is 0 Å². The van der Waals surface area contributed by atoms with Gasteiger partial charge in [0.1, 0.15) is 17.4 Å². The van der Waals surface area contributed by atoms with Gasteiger partial charge in [0.05, 0.1) is 7.11 Å². The van der Waals surface area contributed by atoms with Crippen LogP contribution >= 0.6 is 0 Å². The molecule has 2 aromatic rings. The molecule has 0 aliphatic rings. The predicted octanol–water partition coefficient (Wildman–Crippen LogP) is 3.25. The summed E-state index contributed by atoms with van der Waals surface area (Å²) in [6.07, 6.45) is 1.82. The zero-order valence-corrected chi connectivity index (χ0v) is 12.5. The largest absolute Gasteiger partial charge is 0.497 e. The summed E-state index contributed by atoms with van der Waals surface area (Å²) in [5.41, 5.74) is 1.19. The van der Waals surface area contributed by atoms with E-state index in [0.29, 0.717) is 5.92 Å². The SMILES string of the molecule is COc1cccc(CN(C)c2ccnc(C(C)C)n2)c1. The van der Waals surface area contributed by atoms with Crippen molar-refractivity contribution in [3.63, 3.8) is 0 Å². The Labute approximate surface area is 120 Å². The molecule has 0 aliphatic heterocycles. The highest BCUT2D eigenvalue weighted by Gasteiger charge is 2.08. The lowest BCUT2D eigenvalue weighted by Gasteiger charge is -2.19. The molecule has 1 heterocycles. The lowest BCUT2D eigenvalue weighted by Crippen LogP contribution is -2.18. The smallest absolute Gasteiger partial charge is 0.133 e. The van der Waals surface area contributed by atoms with Gasteiger partial charge in [-0.05, 0) is 23.8 Å². The lowest BCUT2D eigenvalue weighted by molar-refractivity contribution is 0.414. The van der Waals surface area contributed by atoms with E-state index in [1.807, 2.05) is 37.5 Å². The summed E-state index contributed by atoms with van der Waals surface area (Å²) in [7, 11) is 3.72. The number of nitrogens with zero attached hydrogens (tertiary/aromatic N) is 3. The molecule has 1 aromatic heterocycles. The molecule has 0 N–H and O–H groups in total. The fraction of sp³-hybridized carbons (Fsp3) is 0.375. The summed E-state index contributed by atoms with van der Waals surface area (Å²) in [5, 5.41) is 0. The molecule has 0 spiro atoms. The highest BCUT2D eigenvalue weighted by Crippen LogP contribution is 2.18. The Morgan fingerprint density at radius 2 is 2.05 bits per heavy atom. The van der Waals surface area contributed by atoms with Crippen LogP contribution < -0.4 is 9.64 Å². The van der Waals surface area contributed by atoms with Crippen LogP contribution in [0.3, 0.4) is 0 Å². The molecule has 0 saturated heterocycles. The topological polar surface area (TPSA) is 38.2 Å². The Bertz CT molecular complexity index is 569. The van der Waals surface area contributed by atoms with Crippen LogP contribution in [-0.2, 0) is 6.54 Å². The van der Waals surface area contributed by atoms with E-state index in [4.69, 9.17) is 4.74 Å². The Morgan fingerprint density at radius 3 is 2.75 bits per heavy atom. The van der Waals surface area contributed by atoms with Gasteiger partial charge in [-0.25, -0.2) is 9.97 Å². The summed E-state index contributed by atoms with van der Waals surface area (Å²) < 4.78 is 5.25. The fourth-order valence-corrected chi connectivity index (χ4v) is 1.98. The van der Waals surface area contributed by atoms with E-state index in [2.05, 4.69) is 34.8 Å². The summed E-state index contributed by atoms with van der Waals surface area (Å²) in [4.78, 5) is 11.0. The molecule has 20 heavy (non-hydrogen) atoms. The molecule has 0 radical (unpaired) electrons. The third kappa shape index (κ3) is 3.47. The van der Waals surface area contributed by atoms with Crippen molar-refractivity contribution < 1.29 is 4.74 Å². The lowest BCUT2D eigenvalue weighted by atomic mass is 10.2. The third-order valence-electron chi connectivity index (χ3n) is 3.12. The quantitative estimate of drug-likeness (QED) is 0.836. The molecule has 4 nitrogen and oxygen atoms in total. The van der Waals surface area contributed by atoms with E-state index in [0.717, 1.165) is 23.9 Å². The van der Waals surface area contributed by atoms with Gasteiger partial charge < -0.3 is 9.64 Å². The third-order valence-corrected chi connectivity index (χ3v) is 3.12. The van der Waals surface area contributed by atoms with E-state index < -0.39 is 0 Å². The van der Waals surface area contributed by atoms with Crippen LogP contribution in [0.4, 0.5) is 5.82 Å². The Hall–Kier alpha value is -2.10. The zero-order chi connectivity index (χ0) is 14.5. The van der Waals surface area contributed by atoms with E-state index in [1.165, 1.54) is 5.56 Å². The second-order valence-electron chi connectivity index (χ2n) is 5.14. The summed E-state index contributed by atoms with van der Waals surface area (Å²) >= 11 is 0. The maximum Gasteiger partial charge on any atom is 0.133 e. The second kappa shape index (κ2) is 6.37. The molecule has 0 unspecified atom stereocenters. The fourth-order valence-electron chi connectivity index (χ4n) is 1.98. The van der Waals surface area contributed by atoms with Crippen molar-refractivity contribution in [2.45, 2.75) is 26.3 Å². The normalized spacial score (nSPS) is 10.7. The number of benzene rings is 1. The van der Waals surface area contributed by atoms with Crippen molar-refractivity contribution in [1.29, 1.82) is 0 Å². The van der Waals surface area contributed by atoms with Crippen LogP contribution in [0.15, 0.2) is 36.5 Å². The van der Waals surface area contributed by atoms with Crippen LogP contribution in [-0.4, -0.2) is 24.1 Å². The molecule has 0 bridgehead atoms. The number of hydrogen-bond acceptors (Lipinski definition) is 4. The average molecular weight is 271 g/mol. The summed E-state index contributed by atoms with van der Waals surface area (Å²) in [5.74, 6) is 3.02. The standard InChI is InChI=1S/C16H21N3O/c1-12(2)16-17-9-8-15(18-16)19(3)11-13-6-5-7-14(10-13)20-4/h5-10,12H,11H2,1-4H3. The number of anilines is 1. The van der Waals surface area contributed by atoms with Crippen LogP contribution in [0.25, 0.3) is 0 Å². The minimum atomic E-state index is 0.333. The first-order valence-electron chi connectivity index (χ1n) is 6.77. The predicted molar refractivity (Wildman–Crippen MR) is 81.2 cm³/mol. The molecular weight excluding hydrogens is 250 g/mol. The average Bonchev–Trinajstić information content (AvgIpc) is 2.47. The van der Waals surface area contributed by atoms with E-state index in [-0.39, 0.29) is 0 Å². The Morgan fingerprint density at radius 1 is 1.25 bits per heavy atom. The maximum atomic E-state index is 5.25. The van der Waals surface area contributed by atoms with Gasteiger partial charge in [0.25, 0.3) is 0 Å².